The summed E-state index contributed by atoms with van der Waals surface area (Å²) in [4.78, 5) is 12.2. The standard InChI is InChI=1S/C15H12BrClFNO2/c1-2-21-13-7-6-9(17)8-12(13)19-15(20)10-4-3-5-11(16)14(10)18/h3-8H,2H2,1H3,(H,19,20). The van der Waals surface area contributed by atoms with Crippen molar-refractivity contribution in [1.29, 1.82) is 0 Å². The van der Waals surface area contributed by atoms with Crippen molar-refractivity contribution >= 4 is 39.1 Å². The van der Waals surface area contributed by atoms with Crippen molar-refractivity contribution in [2.24, 2.45) is 0 Å². The van der Waals surface area contributed by atoms with Crippen molar-refractivity contribution in [3.8, 4) is 5.75 Å². The molecule has 0 aliphatic rings. The van der Waals surface area contributed by atoms with Crippen LogP contribution in [0, 0.1) is 5.82 Å². The Balaban J connectivity index is 2.31. The fourth-order valence-electron chi connectivity index (χ4n) is 1.75. The Labute approximate surface area is 135 Å². The van der Waals surface area contributed by atoms with Gasteiger partial charge in [0.2, 0.25) is 0 Å². The summed E-state index contributed by atoms with van der Waals surface area (Å²) in [5.74, 6) is -0.710. The minimum absolute atomic E-state index is 0.0631. The minimum atomic E-state index is -0.616. The average Bonchev–Trinajstić information content (AvgIpc) is 2.45. The summed E-state index contributed by atoms with van der Waals surface area (Å²) in [6.07, 6.45) is 0. The Bertz CT molecular complexity index is 679. The topological polar surface area (TPSA) is 38.3 Å². The van der Waals surface area contributed by atoms with E-state index in [1.54, 1.807) is 24.3 Å². The SMILES string of the molecule is CCOc1ccc(Cl)cc1NC(=O)c1cccc(Br)c1F. The van der Waals surface area contributed by atoms with Gasteiger partial charge in [-0.1, -0.05) is 17.7 Å². The Morgan fingerprint density at radius 1 is 1.38 bits per heavy atom. The predicted molar refractivity (Wildman–Crippen MR) is 84.7 cm³/mol. The van der Waals surface area contributed by atoms with Gasteiger partial charge in [0.05, 0.1) is 22.3 Å². The van der Waals surface area contributed by atoms with E-state index in [1.165, 1.54) is 12.1 Å². The average molecular weight is 373 g/mol. The molecule has 0 bridgehead atoms. The fraction of sp³-hybridized carbons (Fsp3) is 0.133. The van der Waals surface area contributed by atoms with Gasteiger partial charge in [0, 0.05) is 5.02 Å². The molecule has 0 radical (unpaired) electrons. The van der Waals surface area contributed by atoms with Crippen molar-refractivity contribution in [2.75, 3.05) is 11.9 Å². The molecule has 0 fully saturated rings. The van der Waals surface area contributed by atoms with E-state index in [0.29, 0.717) is 23.1 Å². The predicted octanol–water partition coefficient (Wildman–Crippen LogP) is 4.89. The largest absolute Gasteiger partial charge is 0.492 e. The quantitative estimate of drug-likeness (QED) is 0.829. The first-order valence-corrected chi connectivity index (χ1v) is 7.37. The number of carbonyl (C=O) groups excluding carboxylic acids is 1. The summed E-state index contributed by atoms with van der Waals surface area (Å²) in [6, 6.07) is 9.38. The number of amides is 1. The molecule has 2 aromatic carbocycles. The van der Waals surface area contributed by atoms with Crippen LogP contribution in [0.15, 0.2) is 40.9 Å². The van der Waals surface area contributed by atoms with Crippen LogP contribution in [0.5, 0.6) is 5.75 Å². The molecule has 0 atom stereocenters. The zero-order valence-electron chi connectivity index (χ0n) is 11.1. The lowest BCUT2D eigenvalue weighted by Gasteiger charge is -2.12. The summed E-state index contributed by atoms with van der Waals surface area (Å²) in [6.45, 7) is 2.27. The Morgan fingerprint density at radius 3 is 2.86 bits per heavy atom. The molecule has 1 amide bonds. The summed E-state index contributed by atoms with van der Waals surface area (Å²) >= 11 is 8.96. The number of hydrogen-bond donors (Lipinski definition) is 1. The van der Waals surface area contributed by atoms with E-state index in [1.807, 2.05) is 6.92 Å². The van der Waals surface area contributed by atoms with E-state index in [4.69, 9.17) is 16.3 Å². The highest BCUT2D eigenvalue weighted by Crippen LogP contribution is 2.29. The number of rotatable bonds is 4. The van der Waals surface area contributed by atoms with Crippen LogP contribution in [0.1, 0.15) is 17.3 Å². The van der Waals surface area contributed by atoms with Crippen molar-refractivity contribution in [2.45, 2.75) is 6.92 Å². The van der Waals surface area contributed by atoms with Gasteiger partial charge in [-0.2, -0.15) is 0 Å². The monoisotopic (exact) mass is 371 g/mol. The molecule has 0 saturated heterocycles. The van der Waals surface area contributed by atoms with E-state index in [9.17, 15) is 9.18 Å². The fourth-order valence-corrected chi connectivity index (χ4v) is 2.29. The third-order valence-corrected chi connectivity index (χ3v) is 3.53. The molecule has 1 N–H and O–H groups in total. The number of anilines is 1. The van der Waals surface area contributed by atoms with Crippen molar-refractivity contribution in [3.05, 3.63) is 57.3 Å². The van der Waals surface area contributed by atoms with E-state index < -0.39 is 11.7 Å². The van der Waals surface area contributed by atoms with Crippen molar-refractivity contribution in [1.82, 2.24) is 0 Å². The van der Waals surface area contributed by atoms with Gasteiger partial charge in [0.1, 0.15) is 11.6 Å². The molecule has 0 saturated carbocycles. The van der Waals surface area contributed by atoms with Crippen LogP contribution >= 0.6 is 27.5 Å². The molecule has 0 aliphatic carbocycles. The van der Waals surface area contributed by atoms with Crippen LogP contribution in [0.3, 0.4) is 0 Å². The molecule has 110 valence electrons. The lowest BCUT2D eigenvalue weighted by atomic mass is 10.2. The molecule has 3 nitrogen and oxygen atoms in total. The number of nitrogens with one attached hydrogen (secondary N) is 1. The molecule has 0 aliphatic heterocycles. The highest BCUT2D eigenvalue weighted by Gasteiger charge is 2.16. The van der Waals surface area contributed by atoms with E-state index in [0.717, 1.165) is 0 Å². The number of benzene rings is 2. The van der Waals surface area contributed by atoms with Crippen LogP contribution in [0.4, 0.5) is 10.1 Å². The van der Waals surface area contributed by atoms with Gasteiger partial charge in [0.15, 0.2) is 0 Å². The third-order valence-electron chi connectivity index (χ3n) is 2.69. The van der Waals surface area contributed by atoms with Gasteiger partial charge in [-0.15, -0.1) is 0 Å². The van der Waals surface area contributed by atoms with Crippen LogP contribution in [0.2, 0.25) is 5.02 Å². The number of halogens is 3. The third kappa shape index (κ3) is 3.74. The molecule has 21 heavy (non-hydrogen) atoms. The summed E-state index contributed by atoms with van der Waals surface area (Å²) in [7, 11) is 0. The molecule has 0 unspecified atom stereocenters. The second-order valence-electron chi connectivity index (χ2n) is 4.13. The van der Waals surface area contributed by atoms with Gasteiger partial charge >= 0.3 is 0 Å². The lowest BCUT2D eigenvalue weighted by Crippen LogP contribution is -2.15. The zero-order chi connectivity index (χ0) is 15.4. The first-order valence-electron chi connectivity index (χ1n) is 6.20. The highest BCUT2D eigenvalue weighted by atomic mass is 79.9. The van der Waals surface area contributed by atoms with Gasteiger partial charge < -0.3 is 10.1 Å². The molecule has 0 heterocycles. The Morgan fingerprint density at radius 2 is 2.14 bits per heavy atom. The molecular formula is C15H12BrClFNO2. The number of ether oxygens (including phenoxy) is 1. The first kappa shape index (κ1) is 15.8. The van der Waals surface area contributed by atoms with Gasteiger partial charge in [-0.25, -0.2) is 4.39 Å². The summed E-state index contributed by atoms with van der Waals surface area (Å²) < 4.78 is 19.6. The normalized spacial score (nSPS) is 10.3. The zero-order valence-corrected chi connectivity index (χ0v) is 13.5. The second kappa shape index (κ2) is 6.91. The van der Waals surface area contributed by atoms with E-state index in [2.05, 4.69) is 21.2 Å². The number of carbonyl (C=O) groups is 1. The van der Waals surface area contributed by atoms with Gasteiger partial charge in [-0.3, -0.25) is 4.79 Å². The van der Waals surface area contributed by atoms with Crippen molar-refractivity contribution in [3.63, 3.8) is 0 Å². The Kier molecular flexibility index (Phi) is 5.20. The van der Waals surface area contributed by atoms with Gasteiger partial charge in [0.25, 0.3) is 5.91 Å². The minimum Gasteiger partial charge on any atom is -0.492 e. The molecule has 0 aromatic heterocycles. The van der Waals surface area contributed by atoms with E-state index >= 15 is 0 Å². The highest BCUT2D eigenvalue weighted by molar-refractivity contribution is 9.10. The van der Waals surface area contributed by atoms with Crippen LogP contribution < -0.4 is 10.1 Å². The maximum atomic E-state index is 13.9. The maximum absolute atomic E-state index is 13.9. The smallest absolute Gasteiger partial charge is 0.258 e. The van der Waals surface area contributed by atoms with Crippen molar-refractivity contribution < 1.29 is 13.9 Å². The summed E-state index contributed by atoms with van der Waals surface area (Å²) in [5, 5.41) is 3.06. The van der Waals surface area contributed by atoms with Crippen LogP contribution in [-0.2, 0) is 0 Å². The Hall–Kier alpha value is -1.59. The maximum Gasteiger partial charge on any atom is 0.258 e. The molecule has 2 aromatic rings. The molecule has 6 heteroatoms. The van der Waals surface area contributed by atoms with Crippen LogP contribution in [0.25, 0.3) is 0 Å². The van der Waals surface area contributed by atoms with E-state index in [-0.39, 0.29) is 10.0 Å². The van der Waals surface area contributed by atoms with Crippen LogP contribution in [-0.4, -0.2) is 12.5 Å². The number of hydrogen-bond acceptors (Lipinski definition) is 2. The molecular weight excluding hydrogens is 361 g/mol. The van der Waals surface area contributed by atoms with Gasteiger partial charge in [-0.05, 0) is 53.2 Å². The second-order valence-corrected chi connectivity index (χ2v) is 5.42. The lowest BCUT2D eigenvalue weighted by molar-refractivity contribution is 0.102. The molecule has 0 spiro atoms. The summed E-state index contributed by atoms with van der Waals surface area (Å²) in [5.41, 5.74) is 0.334. The first-order chi connectivity index (χ1) is 10.0. The molecule has 2 rings (SSSR count).